The monoisotopic (exact) mass is 231 g/mol. The van der Waals surface area contributed by atoms with E-state index in [2.05, 4.69) is 6.07 Å². The van der Waals surface area contributed by atoms with Gasteiger partial charge in [0.1, 0.15) is 0 Å². The summed E-state index contributed by atoms with van der Waals surface area (Å²) < 4.78 is 10.4. The van der Waals surface area contributed by atoms with Crippen molar-refractivity contribution in [3.8, 4) is 17.6 Å². The van der Waals surface area contributed by atoms with Crippen LogP contribution >= 0.6 is 0 Å². The summed E-state index contributed by atoms with van der Waals surface area (Å²) in [7, 11) is 3.21. The summed E-state index contributed by atoms with van der Waals surface area (Å²) in [4.78, 5) is 0. The van der Waals surface area contributed by atoms with Crippen LogP contribution < -0.4 is 9.47 Å². The minimum absolute atomic E-state index is 0.465. The Kier molecular flexibility index (Phi) is 4.17. The predicted molar refractivity (Wildman–Crippen MR) is 68.0 cm³/mol. The first-order valence-corrected chi connectivity index (χ1v) is 5.35. The van der Waals surface area contributed by atoms with Crippen molar-refractivity contribution in [2.45, 2.75) is 13.8 Å². The molecule has 1 aromatic carbocycles. The van der Waals surface area contributed by atoms with E-state index in [-0.39, 0.29) is 0 Å². The molecule has 0 unspecified atom stereocenters. The van der Waals surface area contributed by atoms with Crippen molar-refractivity contribution in [2.75, 3.05) is 14.2 Å². The Morgan fingerprint density at radius 3 is 2.35 bits per heavy atom. The summed E-state index contributed by atoms with van der Waals surface area (Å²) in [6.45, 7) is 3.73. The summed E-state index contributed by atoms with van der Waals surface area (Å²) in [5.74, 6) is 1.38. The number of allylic oxidation sites excluding steroid dienone is 1. The molecule has 1 aromatic rings. The lowest BCUT2D eigenvalue weighted by Crippen LogP contribution is -2.01. The smallest absolute Gasteiger partial charge is 0.161 e. The van der Waals surface area contributed by atoms with E-state index in [9.17, 15) is 0 Å². The van der Waals surface area contributed by atoms with Crippen molar-refractivity contribution >= 4 is 6.08 Å². The van der Waals surface area contributed by atoms with Crippen molar-refractivity contribution in [1.29, 1.82) is 5.26 Å². The molecule has 90 valence electrons. The van der Waals surface area contributed by atoms with Crippen molar-refractivity contribution in [2.24, 2.45) is 5.41 Å². The SMILES string of the molecule is COc1ccc(/C=C/C(C)(C)C#N)cc1OC. The molecule has 0 atom stereocenters. The summed E-state index contributed by atoms with van der Waals surface area (Å²) in [6, 6.07) is 7.86. The molecule has 0 N–H and O–H groups in total. The van der Waals surface area contributed by atoms with E-state index >= 15 is 0 Å². The van der Waals surface area contributed by atoms with Gasteiger partial charge in [-0.2, -0.15) is 5.26 Å². The van der Waals surface area contributed by atoms with Gasteiger partial charge in [0, 0.05) is 0 Å². The molecule has 0 saturated heterocycles. The first kappa shape index (κ1) is 13.1. The fourth-order valence-corrected chi connectivity index (χ4v) is 1.30. The summed E-state index contributed by atoms with van der Waals surface area (Å²) in [5.41, 5.74) is 0.513. The third-order valence-electron chi connectivity index (χ3n) is 2.39. The van der Waals surface area contributed by atoms with Crippen LogP contribution in [0.1, 0.15) is 19.4 Å². The van der Waals surface area contributed by atoms with Crippen molar-refractivity contribution in [3.63, 3.8) is 0 Å². The number of benzene rings is 1. The van der Waals surface area contributed by atoms with Crippen LogP contribution in [-0.2, 0) is 0 Å². The Hall–Kier alpha value is -1.95. The number of nitriles is 1. The van der Waals surface area contributed by atoms with Gasteiger partial charge < -0.3 is 9.47 Å². The lowest BCUT2D eigenvalue weighted by atomic mass is 9.94. The fourth-order valence-electron chi connectivity index (χ4n) is 1.30. The molecule has 17 heavy (non-hydrogen) atoms. The van der Waals surface area contributed by atoms with Gasteiger partial charge in [0.15, 0.2) is 11.5 Å². The van der Waals surface area contributed by atoms with Gasteiger partial charge in [0.2, 0.25) is 0 Å². The molecule has 3 heteroatoms. The maximum atomic E-state index is 8.91. The zero-order valence-corrected chi connectivity index (χ0v) is 10.7. The molecule has 0 fully saturated rings. The molecule has 0 amide bonds. The number of nitrogens with zero attached hydrogens (tertiary/aromatic N) is 1. The second-order valence-electron chi connectivity index (χ2n) is 4.28. The predicted octanol–water partition coefficient (Wildman–Crippen LogP) is 3.27. The van der Waals surface area contributed by atoms with E-state index in [0.717, 1.165) is 5.56 Å². The number of hydrogen-bond acceptors (Lipinski definition) is 3. The largest absolute Gasteiger partial charge is 0.493 e. The van der Waals surface area contributed by atoms with Crippen LogP contribution in [0.5, 0.6) is 11.5 Å². The van der Waals surface area contributed by atoms with E-state index < -0.39 is 5.41 Å². The third kappa shape index (κ3) is 3.53. The molecule has 0 saturated carbocycles. The van der Waals surface area contributed by atoms with Crippen molar-refractivity contribution in [3.05, 3.63) is 29.8 Å². The average Bonchev–Trinajstić information content (AvgIpc) is 2.36. The molecular weight excluding hydrogens is 214 g/mol. The standard InChI is InChI=1S/C14H17NO2/c1-14(2,10-15)8-7-11-5-6-12(16-3)13(9-11)17-4/h5-9H,1-4H3/b8-7+. The van der Waals surface area contributed by atoms with Gasteiger partial charge >= 0.3 is 0 Å². The Balaban J connectivity index is 2.98. The fraction of sp³-hybridized carbons (Fsp3) is 0.357. The quantitative estimate of drug-likeness (QED) is 0.798. The van der Waals surface area contributed by atoms with E-state index in [1.54, 1.807) is 14.2 Å². The van der Waals surface area contributed by atoms with Gasteiger partial charge in [-0.05, 0) is 31.5 Å². The van der Waals surface area contributed by atoms with Gasteiger partial charge in [-0.1, -0.05) is 18.2 Å². The first-order valence-electron chi connectivity index (χ1n) is 5.35. The molecule has 3 nitrogen and oxygen atoms in total. The van der Waals surface area contributed by atoms with Crippen LogP contribution in [0.3, 0.4) is 0 Å². The summed E-state index contributed by atoms with van der Waals surface area (Å²) in [6.07, 6.45) is 3.78. The van der Waals surface area contributed by atoms with E-state index in [4.69, 9.17) is 14.7 Å². The Bertz CT molecular complexity index is 456. The topological polar surface area (TPSA) is 42.2 Å². The van der Waals surface area contributed by atoms with Crippen molar-refractivity contribution < 1.29 is 9.47 Å². The van der Waals surface area contributed by atoms with Crippen LogP contribution in [0, 0.1) is 16.7 Å². The Labute approximate surface area is 102 Å². The minimum atomic E-state index is -0.465. The molecule has 0 aliphatic carbocycles. The zero-order valence-electron chi connectivity index (χ0n) is 10.7. The second-order valence-corrected chi connectivity index (χ2v) is 4.28. The maximum Gasteiger partial charge on any atom is 0.161 e. The second kappa shape index (κ2) is 5.40. The summed E-state index contributed by atoms with van der Waals surface area (Å²) in [5, 5.41) is 8.91. The van der Waals surface area contributed by atoms with Crippen LogP contribution in [-0.4, -0.2) is 14.2 Å². The van der Waals surface area contributed by atoms with Gasteiger partial charge in [0.25, 0.3) is 0 Å². The lowest BCUT2D eigenvalue weighted by molar-refractivity contribution is 0.355. The van der Waals surface area contributed by atoms with E-state index in [0.29, 0.717) is 11.5 Å². The molecule has 0 aliphatic rings. The van der Waals surface area contributed by atoms with Crippen LogP contribution in [0.25, 0.3) is 6.08 Å². The van der Waals surface area contributed by atoms with Gasteiger partial charge in [-0.15, -0.1) is 0 Å². The molecular formula is C14H17NO2. The molecule has 1 rings (SSSR count). The molecule has 0 radical (unpaired) electrons. The summed E-state index contributed by atoms with van der Waals surface area (Å²) >= 11 is 0. The van der Waals surface area contributed by atoms with Gasteiger partial charge in [-0.25, -0.2) is 0 Å². The maximum absolute atomic E-state index is 8.91. The zero-order chi connectivity index (χ0) is 12.9. The van der Waals surface area contributed by atoms with Crippen LogP contribution in [0.2, 0.25) is 0 Å². The molecule has 0 aromatic heterocycles. The third-order valence-corrected chi connectivity index (χ3v) is 2.39. The number of hydrogen-bond donors (Lipinski definition) is 0. The Morgan fingerprint density at radius 1 is 1.18 bits per heavy atom. The van der Waals surface area contributed by atoms with Crippen LogP contribution in [0.4, 0.5) is 0 Å². The van der Waals surface area contributed by atoms with Gasteiger partial charge in [0.05, 0.1) is 25.7 Å². The molecule has 0 bridgehead atoms. The highest BCUT2D eigenvalue weighted by Crippen LogP contribution is 2.28. The number of ether oxygens (including phenoxy) is 2. The molecule has 0 heterocycles. The normalized spacial score (nSPS) is 11.2. The van der Waals surface area contributed by atoms with E-state index in [1.165, 1.54) is 0 Å². The minimum Gasteiger partial charge on any atom is -0.493 e. The van der Waals surface area contributed by atoms with Gasteiger partial charge in [-0.3, -0.25) is 0 Å². The highest BCUT2D eigenvalue weighted by molar-refractivity contribution is 5.56. The number of methoxy groups -OCH3 is 2. The molecule has 0 spiro atoms. The molecule has 0 aliphatic heterocycles. The highest BCUT2D eigenvalue weighted by Gasteiger charge is 2.11. The number of rotatable bonds is 4. The van der Waals surface area contributed by atoms with Crippen molar-refractivity contribution in [1.82, 2.24) is 0 Å². The van der Waals surface area contributed by atoms with Crippen LogP contribution in [0.15, 0.2) is 24.3 Å². The lowest BCUT2D eigenvalue weighted by Gasteiger charge is -2.09. The first-order chi connectivity index (χ1) is 8.02. The average molecular weight is 231 g/mol. The Morgan fingerprint density at radius 2 is 1.82 bits per heavy atom. The van der Waals surface area contributed by atoms with E-state index in [1.807, 2.05) is 44.2 Å². The highest BCUT2D eigenvalue weighted by atomic mass is 16.5.